The van der Waals surface area contributed by atoms with Gasteiger partial charge in [0.25, 0.3) is 0 Å². The zero-order chi connectivity index (χ0) is 15.3. The fourth-order valence-electron chi connectivity index (χ4n) is 2.76. The van der Waals surface area contributed by atoms with E-state index in [1.54, 1.807) is 0 Å². The molecular formula is C19H23NO. The smallest absolute Gasteiger partial charge is 0.223 e. The summed E-state index contributed by atoms with van der Waals surface area (Å²) in [4.78, 5) is 11.9. The number of primary amides is 1. The van der Waals surface area contributed by atoms with Gasteiger partial charge in [-0.15, -0.1) is 0 Å². The first-order chi connectivity index (χ1) is 10.0. The SMILES string of the molecule is CC(C)(C(N)=O)C(CCc1ccccc1)c1ccccc1. The van der Waals surface area contributed by atoms with Gasteiger partial charge in [0.2, 0.25) is 5.91 Å². The maximum Gasteiger partial charge on any atom is 0.223 e. The molecule has 1 atom stereocenters. The second-order valence-corrected chi connectivity index (χ2v) is 6.07. The highest BCUT2D eigenvalue weighted by Crippen LogP contribution is 2.38. The van der Waals surface area contributed by atoms with Gasteiger partial charge in [0.15, 0.2) is 0 Å². The fraction of sp³-hybridized carbons (Fsp3) is 0.316. The van der Waals surface area contributed by atoms with Gasteiger partial charge in [-0.05, 0) is 29.9 Å². The van der Waals surface area contributed by atoms with Gasteiger partial charge in [-0.3, -0.25) is 4.79 Å². The highest BCUT2D eigenvalue weighted by molar-refractivity contribution is 5.81. The standard InChI is InChI=1S/C19H23NO/c1-19(2,18(20)21)17(16-11-7-4-8-12-16)14-13-15-9-5-3-6-10-15/h3-12,17H,13-14H2,1-2H3,(H2,20,21). The van der Waals surface area contributed by atoms with E-state index in [9.17, 15) is 4.79 Å². The van der Waals surface area contributed by atoms with Crippen LogP contribution in [0, 0.1) is 5.41 Å². The molecule has 2 aromatic carbocycles. The van der Waals surface area contributed by atoms with E-state index in [0.29, 0.717) is 0 Å². The van der Waals surface area contributed by atoms with E-state index in [1.807, 2.05) is 50.2 Å². The van der Waals surface area contributed by atoms with Crippen LogP contribution >= 0.6 is 0 Å². The maximum absolute atomic E-state index is 11.9. The molecule has 0 radical (unpaired) electrons. The molecule has 2 nitrogen and oxygen atoms in total. The van der Waals surface area contributed by atoms with E-state index >= 15 is 0 Å². The third kappa shape index (κ3) is 3.72. The van der Waals surface area contributed by atoms with Crippen LogP contribution in [0.15, 0.2) is 60.7 Å². The molecule has 0 saturated carbocycles. The molecule has 0 aromatic heterocycles. The lowest BCUT2D eigenvalue weighted by Crippen LogP contribution is -2.37. The Morgan fingerprint density at radius 1 is 1.00 bits per heavy atom. The molecule has 2 aromatic rings. The number of amides is 1. The summed E-state index contributed by atoms with van der Waals surface area (Å²) in [6, 6.07) is 20.6. The van der Waals surface area contributed by atoms with Crippen molar-refractivity contribution < 1.29 is 4.79 Å². The van der Waals surface area contributed by atoms with E-state index in [0.717, 1.165) is 12.8 Å². The van der Waals surface area contributed by atoms with E-state index in [4.69, 9.17) is 5.73 Å². The van der Waals surface area contributed by atoms with Crippen LogP contribution < -0.4 is 5.73 Å². The van der Waals surface area contributed by atoms with Crippen LogP contribution in [0.3, 0.4) is 0 Å². The molecule has 0 fully saturated rings. The fourth-order valence-corrected chi connectivity index (χ4v) is 2.76. The lowest BCUT2D eigenvalue weighted by Gasteiger charge is -2.32. The molecule has 1 amide bonds. The Morgan fingerprint density at radius 2 is 1.52 bits per heavy atom. The summed E-state index contributed by atoms with van der Waals surface area (Å²) in [6.45, 7) is 3.88. The monoisotopic (exact) mass is 281 g/mol. The van der Waals surface area contributed by atoms with Crippen molar-refractivity contribution in [3.8, 4) is 0 Å². The normalized spacial score (nSPS) is 12.9. The predicted molar refractivity (Wildman–Crippen MR) is 86.9 cm³/mol. The van der Waals surface area contributed by atoms with Crippen molar-refractivity contribution in [1.29, 1.82) is 0 Å². The lowest BCUT2D eigenvalue weighted by molar-refractivity contribution is -0.127. The Hall–Kier alpha value is -2.09. The largest absolute Gasteiger partial charge is 0.369 e. The average Bonchev–Trinajstić information content (AvgIpc) is 2.49. The Balaban J connectivity index is 2.23. The van der Waals surface area contributed by atoms with Crippen molar-refractivity contribution in [2.75, 3.05) is 0 Å². The molecule has 0 aliphatic rings. The van der Waals surface area contributed by atoms with Crippen molar-refractivity contribution in [1.82, 2.24) is 0 Å². The Morgan fingerprint density at radius 3 is 2.05 bits per heavy atom. The summed E-state index contributed by atoms with van der Waals surface area (Å²) < 4.78 is 0. The molecular weight excluding hydrogens is 258 g/mol. The minimum atomic E-state index is -0.559. The zero-order valence-corrected chi connectivity index (χ0v) is 12.8. The van der Waals surface area contributed by atoms with Crippen LogP contribution in [0.5, 0.6) is 0 Å². The first-order valence-corrected chi connectivity index (χ1v) is 7.40. The van der Waals surface area contributed by atoms with Gasteiger partial charge >= 0.3 is 0 Å². The van der Waals surface area contributed by atoms with Gasteiger partial charge in [0, 0.05) is 0 Å². The highest BCUT2D eigenvalue weighted by Gasteiger charge is 2.35. The number of carbonyl (C=O) groups is 1. The lowest BCUT2D eigenvalue weighted by atomic mass is 9.72. The Labute approximate surface area is 127 Å². The van der Waals surface area contributed by atoms with Crippen LogP contribution in [0.25, 0.3) is 0 Å². The molecule has 0 saturated heterocycles. The average molecular weight is 281 g/mol. The van der Waals surface area contributed by atoms with Crippen molar-refractivity contribution in [2.45, 2.75) is 32.6 Å². The third-order valence-corrected chi connectivity index (χ3v) is 4.27. The number of hydrogen-bond acceptors (Lipinski definition) is 1. The van der Waals surface area contributed by atoms with Crippen molar-refractivity contribution >= 4 is 5.91 Å². The summed E-state index contributed by atoms with van der Waals surface area (Å²) in [5.41, 5.74) is 7.55. The zero-order valence-electron chi connectivity index (χ0n) is 12.8. The molecule has 2 rings (SSSR count). The van der Waals surface area contributed by atoms with Crippen molar-refractivity contribution in [3.05, 3.63) is 71.8 Å². The van der Waals surface area contributed by atoms with Crippen LogP contribution in [-0.2, 0) is 11.2 Å². The molecule has 0 aliphatic carbocycles. The van der Waals surface area contributed by atoms with E-state index in [2.05, 4.69) is 24.3 Å². The summed E-state index contributed by atoms with van der Waals surface area (Å²) in [5.74, 6) is -0.124. The quantitative estimate of drug-likeness (QED) is 0.857. The van der Waals surface area contributed by atoms with Gasteiger partial charge in [-0.25, -0.2) is 0 Å². The molecule has 0 heterocycles. The summed E-state index contributed by atoms with van der Waals surface area (Å²) in [7, 11) is 0. The van der Waals surface area contributed by atoms with Gasteiger partial charge in [0.1, 0.15) is 0 Å². The second-order valence-electron chi connectivity index (χ2n) is 6.07. The molecule has 0 aliphatic heterocycles. The van der Waals surface area contributed by atoms with Gasteiger partial charge in [-0.2, -0.15) is 0 Å². The number of hydrogen-bond donors (Lipinski definition) is 1. The number of benzene rings is 2. The summed E-state index contributed by atoms with van der Waals surface area (Å²) in [6.07, 6.45) is 1.85. The van der Waals surface area contributed by atoms with Crippen LogP contribution in [0.4, 0.5) is 0 Å². The van der Waals surface area contributed by atoms with E-state index in [-0.39, 0.29) is 11.8 Å². The molecule has 1 unspecified atom stereocenters. The number of nitrogens with two attached hydrogens (primary N) is 1. The maximum atomic E-state index is 11.9. The Bertz CT molecular complexity index is 575. The molecule has 0 bridgehead atoms. The summed E-state index contributed by atoms with van der Waals surface area (Å²) in [5, 5.41) is 0. The minimum Gasteiger partial charge on any atom is -0.369 e. The third-order valence-electron chi connectivity index (χ3n) is 4.27. The first-order valence-electron chi connectivity index (χ1n) is 7.40. The minimum absolute atomic E-state index is 0.122. The first kappa shape index (κ1) is 15.3. The molecule has 2 N–H and O–H groups in total. The molecule has 0 spiro atoms. The van der Waals surface area contributed by atoms with Gasteiger partial charge in [0.05, 0.1) is 5.41 Å². The highest BCUT2D eigenvalue weighted by atomic mass is 16.1. The molecule has 21 heavy (non-hydrogen) atoms. The van der Waals surface area contributed by atoms with Crippen LogP contribution in [0.1, 0.15) is 37.3 Å². The summed E-state index contributed by atoms with van der Waals surface area (Å²) >= 11 is 0. The number of rotatable bonds is 6. The van der Waals surface area contributed by atoms with Gasteiger partial charge in [-0.1, -0.05) is 74.5 Å². The van der Waals surface area contributed by atoms with Crippen LogP contribution in [-0.4, -0.2) is 5.91 Å². The van der Waals surface area contributed by atoms with Crippen molar-refractivity contribution in [2.24, 2.45) is 11.1 Å². The number of aryl methyl sites for hydroxylation is 1. The second kappa shape index (κ2) is 6.57. The van der Waals surface area contributed by atoms with Crippen LogP contribution in [0.2, 0.25) is 0 Å². The topological polar surface area (TPSA) is 43.1 Å². The molecule has 2 heteroatoms. The van der Waals surface area contributed by atoms with E-state index in [1.165, 1.54) is 11.1 Å². The van der Waals surface area contributed by atoms with E-state index < -0.39 is 5.41 Å². The Kier molecular flexibility index (Phi) is 4.79. The predicted octanol–water partition coefficient (Wildman–Crippen LogP) is 3.91. The van der Waals surface area contributed by atoms with Gasteiger partial charge < -0.3 is 5.73 Å². The number of carbonyl (C=O) groups excluding carboxylic acids is 1. The van der Waals surface area contributed by atoms with Crippen molar-refractivity contribution in [3.63, 3.8) is 0 Å². The molecule has 110 valence electrons.